The minimum atomic E-state index is -0.352. The van der Waals surface area contributed by atoms with Crippen LogP contribution in [0.3, 0.4) is 0 Å². The van der Waals surface area contributed by atoms with Crippen molar-refractivity contribution in [2.24, 2.45) is 16.7 Å². The Morgan fingerprint density at radius 2 is 1.69 bits per heavy atom. The number of rotatable bonds is 1. The van der Waals surface area contributed by atoms with Crippen molar-refractivity contribution in [3.63, 3.8) is 0 Å². The van der Waals surface area contributed by atoms with Crippen molar-refractivity contribution in [2.75, 3.05) is 0 Å². The average molecular weight is 224 g/mol. The number of ether oxygens (including phenoxy) is 1. The van der Waals surface area contributed by atoms with Gasteiger partial charge in [-0.3, -0.25) is 4.79 Å². The molecule has 2 saturated carbocycles. The van der Waals surface area contributed by atoms with Crippen LogP contribution in [-0.4, -0.2) is 11.6 Å². The highest BCUT2D eigenvalue weighted by atomic mass is 16.6. The number of carbonyl (C=O) groups excluding carboxylic acids is 1. The Balaban J connectivity index is 2.09. The summed E-state index contributed by atoms with van der Waals surface area (Å²) in [6, 6.07) is 0. The van der Waals surface area contributed by atoms with Crippen molar-refractivity contribution in [1.82, 2.24) is 0 Å². The lowest BCUT2D eigenvalue weighted by atomic mass is 9.94. The fraction of sp³-hybridized carbons (Fsp3) is 0.929. The van der Waals surface area contributed by atoms with E-state index in [1.807, 2.05) is 20.8 Å². The van der Waals surface area contributed by atoms with Crippen LogP contribution in [0.5, 0.6) is 0 Å². The first kappa shape index (κ1) is 11.9. The van der Waals surface area contributed by atoms with Gasteiger partial charge in [0.05, 0.1) is 5.92 Å². The van der Waals surface area contributed by atoms with Gasteiger partial charge >= 0.3 is 5.97 Å². The van der Waals surface area contributed by atoms with E-state index in [-0.39, 0.29) is 28.3 Å². The van der Waals surface area contributed by atoms with Gasteiger partial charge in [0.25, 0.3) is 0 Å². The summed E-state index contributed by atoms with van der Waals surface area (Å²) in [5, 5.41) is 0. The fourth-order valence-electron chi connectivity index (χ4n) is 3.76. The van der Waals surface area contributed by atoms with Crippen LogP contribution in [0.1, 0.15) is 60.3 Å². The zero-order valence-corrected chi connectivity index (χ0v) is 11.2. The van der Waals surface area contributed by atoms with E-state index in [0.717, 1.165) is 0 Å². The Bertz CT molecular complexity index is 303. The summed E-state index contributed by atoms with van der Waals surface area (Å²) in [6.45, 7) is 10.3. The second kappa shape index (κ2) is 3.24. The van der Waals surface area contributed by atoms with Crippen molar-refractivity contribution >= 4 is 5.97 Å². The molecule has 0 aromatic rings. The maximum Gasteiger partial charge on any atom is 0.310 e. The first-order valence-corrected chi connectivity index (χ1v) is 6.44. The van der Waals surface area contributed by atoms with Crippen molar-refractivity contribution in [2.45, 2.75) is 65.9 Å². The molecule has 0 bridgehead atoms. The number of carbonyl (C=O) groups is 1. The van der Waals surface area contributed by atoms with Crippen LogP contribution < -0.4 is 0 Å². The Morgan fingerprint density at radius 1 is 1.19 bits per heavy atom. The van der Waals surface area contributed by atoms with Crippen molar-refractivity contribution in [3.05, 3.63) is 0 Å². The molecule has 2 aliphatic rings. The first-order valence-electron chi connectivity index (χ1n) is 6.44. The van der Waals surface area contributed by atoms with Crippen LogP contribution in [0, 0.1) is 16.7 Å². The SMILES string of the molecule is CC(C)(C)OC(=O)C1C(C)(C)C12CCCC2. The zero-order valence-electron chi connectivity index (χ0n) is 11.2. The summed E-state index contributed by atoms with van der Waals surface area (Å²) < 4.78 is 5.55. The molecule has 0 saturated heterocycles. The molecule has 1 spiro atoms. The van der Waals surface area contributed by atoms with E-state index in [9.17, 15) is 4.79 Å². The molecule has 2 fully saturated rings. The standard InChI is InChI=1S/C14H24O2/c1-12(2,3)16-11(15)10-13(4,5)14(10)8-6-7-9-14/h10H,6-9H2,1-5H3. The lowest BCUT2D eigenvalue weighted by molar-refractivity contribution is -0.158. The predicted molar refractivity (Wildman–Crippen MR) is 64.0 cm³/mol. The Hall–Kier alpha value is -0.530. The fourth-order valence-corrected chi connectivity index (χ4v) is 3.76. The van der Waals surface area contributed by atoms with Gasteiger partial charge < -0.3 is 4.74 Å². The molecule has 0 aromatic heterocycles. The molecule has 0 radical (unpaired) electrons. The Morgan fingerprint density at radius 3 is 2.12 bits per heavy atom. The van der Waals surface area contributed by atoms with Crippen LogP contribution in [0.25, 0.3) is 0 Å². The number of esters is 1. The summed E-state index contributed by atoms with van der Waals surface area (Å²) in [5.74, 6) is 0.168. The quantitative estimate of drug-likeness (QED) is 0.637. The minimum Gasteiger partial charge on any atom is -0.460 e. The molecule has 2 rings (SSSR count). The summed E-state index contributed by atoms with van der Waals surface area (Å²) >= 11 is 0. The molecule has 1 atom stereocenters. The molecule has 0 aromatic carbocycles. The Kier molecular flexibility index (Phi) is 2.42. The molecular formula is C14H24O2. The average Bonchev–Trinajstić information content (AvgIpc) is 2.43. The highest BCUT2D eigenvalue weighted by Gasteiger charge is 2.74. The number of hydrogen-bond donors (Lipinski definition) is 0. The molecule has 2 heteroatoms. The van der Waals surface area contributed by atoms with Gasteiger partial charge in [0.1, 0.15) is 5.60 Å². The van der Waals surface area contributed by atoms with Crippen LogP contribution in [0.4, 0.5) is 0 Å². The summed E-state index contributed by atoms with van der Waals surface area (Å²) in [6.07, 6.45) is 4.99. The molecule has 2 nitrogen and oxygen atoms in total. The first-order chi connectivity index (χ1) is 7.21. The smallest absolute Gasteiger partial charge is 0.310 e. The maximum atomic E-state index is 12.2. The van der Waals surface area contributed by atoms with Crippen molar-refractivity contribution in [1.29, 1.82) is 0 Å². The highest BCUT2D eigenvalue weighted by molar-refractivity contribution is 5.79. The molecule has 2 aliphatic carbocycles. The van der Waals surface area contributed by atoms with Gasteiger partial charge in [-0.25, -0.2) is 0 Å². The molecule has 0 N–H and O–H groups in total. The summed E-state index contributed by atoms with van der Waals surface area (Å²) in [4.78, 5) is 12.2. The van der Waals surface area contributed by atoms with Gasteiger partial charge in [0.2, 0.25) is 0 Å². The predicted octanol–water partition coefficient (Wildman–Crippen LogP) is 3.54. The zero-order chi connectivity index (χ0) is 12.2. The Labute approximate surface area is 98.7 Å². The lowest BCUT2D eigenvalue weighted by Gasteiger charge is -2.20. The molecule has 92 valence electrons. The van der Waals surface area contributed by atoms with E-state index in [2.05, 4.69) is 13.8 Å². The summed E-state index contributed by atoms with van der Waals surface area (Å²) in [7, 11) is 0. The van der Waals surface area contributed by atoms with E-state index in [1.54, 1.807) is 0 Å². The van der Waals surface area contributed by atoms with Crippen LogP contribution >= 0.6 is 0 Å². The topological polar surface area (TPSA) is 26.3 Å². The second-order valence-corrected chi connectivity index (χ2v) is 7.05. The third-order valence-corrected chi connectivity index (χ3v) is 4.61. The highest BCUT2D eigenvalue weighted by Crippen LogP contribution is 2.76. The van der Waals surface area contributed by atoms with Gasteiger partial charge in [-0.15, -0.1) is 0 Å². The van der Waals surface area contributed by atoms with Crippen LogP contribution in [0.15, 0.2) is 0 Å². The van der Waals surface area contributed by atoms with E-state index < -0.39 is 0 Å². The third kappa shape index (κ3) is 1.57. The van der Waals surface area contributed by atoms with E-state index in [0.29, 0.717) is 0 Å². The monoisotopic (exact) mass is 224 g/mol. The van der Waals surface area contributed by atoms with Gasteiger partial charge in [-0.05, 0) is 44.4 Å². The second-order valence-electron chi connectivity index (χ2n) is 7.05. The van der Waals surface area contributed by atoms with Gasteiger partial charge in [-0.2, -0.15) is 0 Å². The number of hydrogen-bond acceptors (Lipinski definition) is 2. The van der Waals surface area contributed by atoms with Crippen molar-refractivity contribution in [3.8, 4) is 0 Å². The molecule has 0 heterocycles. The van der Waals surface area contributed by atoms with E-state index >= 15 is 0 Å². The molecule has 0 aliphatic heterocycles. The molecule has 0 amide bonds. The summed E-state index contributed by atoms with van der Waals surface area (Å²) in [5.41, 5.74) is 0.0801. The van der Waals surface area contributed by atoms with Gasteiger partial charge in [0.15, 0.2) is 0 Å². The minimum absolute atomic E-state index is 0.0272. The lowest BCUT2D eigenvalue weighted by Crippen LogP contribution is -2.26. The normalized spacial score (nSPS) is 30.4. The van der Waals surface area contributed by atoms with Crippen LogP contribution in [-0.2, 0) is 9.53 Å². The maximum absolute atomic E-state index is 12.2. The molecular weight excluding hydrogens is 200 g/mol. The molecule has 1 unspecified atom stereocenters. The van der Waals surface area contributed by atoms with Gasteiger partial charge in [-0.1, -0.05) is 26.7 Å². The van der Waals surface area contributed by atoms with E-state index in [1.165, 1.54) is 25.7 Å². The van der Waals surface area contributed by atoms with Crippen LogP contribution in [0.2, 0.25) is 0 Å². The van der Waals surface area contributed by atoms with Gasteiger partial charge in [0, 0.05) is 0 Å². The largest absolute Gasteiger partial charge is 0.460 e. The van der Waals surface area contributed by atoms with Crippen molar-refractivity contribution < 1.29 is 9.53 Å². The third-order valence-electron chi connectivity index (χ3n) is 4.61. The van der Waals surface area contributed by atoms with E-state index in [4.69, 9.17) is 4.74 Å². The molecule has 16 heavy (non-hydrogen) atoms.